The predicted octanol–water partition coefficient (Wildman–Crippen LogP) is 5.36. The molecule has 0 saturated carbocycles. The maximum atomic E-state index is 6.36. The van der Waals surface area contributed by atoms with Crippen LogP contribution in [-0.4, -0.2) is 6.04 Å². The highest BCUT2D eigenvalue weighted by atomic mass is 35.5. The number of hydrogen-bond acceptors (Lipinski definition) is 2. The molecule has 2 rings (SSSR count). The molecular formula is C18H22ClNS. The summed E-state index contributed by atoms with van der Waals surface area (Å²) in [4.78, 5) is 0. The Balaban J connectivity index is 2.14. The maximum Gasteiger partial charge on any atom is 0.0454 e. The van der Waals surface area contributed by atoms with E-state index in [4.69, 9.17) is 17.3 Å². The molecule has 3 heteroatoms. The molecule has 2 aromatic rings. The van der Waals surface area contributed by atoms with Gasteiger partial charge in [-0.3, -0.25) is 0 Å². The van der Waals surface area contributed by atoms with Gasteiger partial charge in [0.05, 0.1) is 0 Å². The fourth-order valence-electron chi connectivity index (χ4n) is 2.33. The van der Waals surface area contributed by atoms with Crippen LogP contribution in [0, 0.1) is 6.92 Å². The number of halogens is 1. The molecule has 0 heterocycles. The molecule has 2 aromatic carbocycles. The van der Waals surface area contributed by atoms with Crippen molar-refractivity contribution in [1.82, 2.24) is 0 Å². The minimum absolute atomic E-state index is 0.170. The number of nitrogens with two attached hydrogens (primary N) is 1. The van der Waals surface area contributed by atoms with Gasteiger partial charge >= 0.3 is 0 Å². The molecule has 0 aliphatic carbocycles. The Hall–Kier alpha value is -0.960. The maximum absolute atomic E-state index is 6.36. The summed E-state index contributed by atoms with van der Waals surface area (Å²) in [5.74, 6) is 0.948. The van der Waals surface area contributed by atoms with Crippen LogP contribution in [0.4, 0.5) is 0 Å². The van der Waals surface area contributed by atoms with Gasteiger partial charge in [0.2, 0.25) is 0 Å². The fourth-order valence-corrected chi connectivity index (χ4v) is 3.90. The Bertz CT molecular complexity index is 568. The third kappa shape index (κ3) is 4.50. The van der Waals surface area contributed by atoms with Crippen molar-refractivity contribution in [3.63, 3.8) is 0 Å². The molecule has 0 aromatic heterocycles. The summed E-state index contributed by atoms with van der Waals surface area (Å²) in [5, 5.41) is 1.11. The summed E-state index contributed by atoms with van der Waals surface area (Å²) in [6.45, 7) is 4.31. The number of rotatable bonds is 6. The third-order valence-electron chi connectivity index (χ3n) is 3.70. The lowest BCUT2D eigenvalue weighted by atomic mass is 10.00. The van der Waals surface area contributed by atoms with Crippen LogP contribution in [0.1, 0.15) is 35.3 Å². The molecule has 2 unspecified atom stereocenters. The molecule has 0 bridgehead atoms. The molecule has 112 valence electrons. The lowest BCUT2D eigenvalue weighted by molar-refractivity contribution is 0.632. The molecule has 2 N–H and O–H groups in total. The molecule has 0 aliphatic rings. The van der Waals surface area contributed by atoms with Crippen molar-refractivity contribution in [2.45, 2.75) is 37.3 Å². The van der Waals surface area contributed by atoms with Crippen LogP contribution in [-0.2, 0) is 5.75 Å². The van der Waals surface area contributed by atoms with Crippen LogP contribution in [0.5, 0.6) is 0 Å². The summed E-state index contributed by atoms with van der Waals surface area (Å²) in [5.41, 5.74) is 10.3. The molecule has 0 spiro atoms. The lowest BCUT2D eigenvalue weighted by Crippen LogP contribution is -2.26. The normalized spacial score (nSPS) is 13.9. The first-order valence-electron chi connectivity index (χ1n) is 7.29. The van der Waals surface area contributed by atoms with Crippen LogP contribution in [0.3, 0.4) is 0 Å². The van der Waals surface area contributed by atoms with E-state index in [0.29, 0.717) is 5.25 Å². The first-order chi connectivity index (χ1) is 10.1. The zero-order valence-electron chi connectivity index (χ0n) is 12.6. The topological polar surface area (TPSA) is 26.0 Å². The van der Waals surface area contributed by atoms with E-state index in [2.05, 4.69) is 50.2 Å². The minimum atomic E-state index is 0.170. The average molecular weight is 320 g/mol. The molecule has 0 saturated heterocycles. The van der Waals surface area contributed by atoms with E-state index in [1.165, 1.54) is 16.7 Å². The van der Waals surface area contributed by atoms with Gasteiger partial charge in [-0.1, -0.05) is 54.9 Å². The van der Waals surface area contributed by atoms with E-state index in [0.717, 1.165) is 17.2 Å². The third-order valence-corrected chi connectivity index (χ3v) is 5.41. The van der Waals surface area contributed by atoms with Crippen LogP contribution < -0.4 is 5.73 Å². The van der Waals surface area contributed by atoms with E-state index in [9.17, 15) is 0 Å². The molecule has 0 amide bonds. The first kappa shape index (κ1) is 16.4. The fraction of sp³-hybridized carbons (Fsp3) is 0.333. The van der Waals surface area contributed by atoms with E-state index in [1.807, 2.05) is 23.9 Å². The summed E-state index contributed by atoms with van der Waals surface area (Å²) in [7, 11) is 0. The standard InChI is InChI=1S/C18H22ClNS/c1-3-17(20)18(16-7-5-4-6-13(16)2)21-12-14-8-10-15(19)11-9-14/h4-11,17-18H,3,12,20H2,1-2H3. The zero-order chi connectivity index (χ0) is 15.2. The Morgan fingerprint density at radius 1 is 1.10 bits per heavy atom. The quantitative estimate of drug-likeness (QED) is 0.775. The SMILES string of the molecule is CCC(N)C(SCc1ccc(Cl)cc1)c1ccccc1C. The van der Waals surface area contributed by atoms with Gasteiger partial charge in [-0.05, 0) is 42.2 Å². The van der Waals surface area contributed by atoms with Crippen LogP contribution in [0.15, 0.2) is 48.5 Å². The van der Waals surface area contributed by atoms with Gasteiger partial charge in [-0.2, -0.15) is 0 Å². The molecule has 0 aliphatic heterocycles. The van der Waals surface area contributed by atoms with Crippen LogP contribution >= 0.6 is 23.4 Å². The van der Waals surface area contributed by atoms with Gasteiger partial charge in [-0.25, -0.2) is 0 Å². The summed E-state index contributed by atoms with van der Waals surface area (Å²) in [6.07, 6.45) is 0.979. The van der Waals surface area contributed by atoms with Crippen LogP contribution in [0.2, 0.25) is 5.02 Å². The van der Waals surface area contributed by atoms with Crippen LogP contribution in [0.25, 0.3) is 0 Å². The minimum Gasteiger partial charge on any atom is -0.326 e. The van der Waals surface area contributed by atoms with Crippen molar-refractivity contribution in [3.8, 4) is 0 Å². The molecule has 0 radical (unpaired) electrons. The van der Waals surface area contributed by atoms with Gasteiger partial charge in [-0.15, -0.1) is 11.8 Å². The second kappa shape index (κ2) is 7.88. The molecule has 2 atom stereocenters. The highest BCUT2D eigenvalue weighted by Crippen LogP contribution is 2.36. The number of benzene rings is 2. The largest absolute Gasteiger partial charge is 0.326 e. The van der Waals surface area contributed by atoms with Crippen molar-refractivity contribution in [2.75, 3.05) is 0 Å². The second-order valence-electron chi connectivity index (χ2n) is 5.29. The first-order valence-corrected chi connectivity index (χ1v) is 8.71. The Morgan fingerprint density at radius 3 is 2.38 bits per heavy atom. The molecule has 0 fully saturated rings. The van der Waals surface area contributed by atoms with Gasteiger partial charge in [0, 0.05) is 22.1 Å². The molecular weight excluding hydrogens is 298 g/mol. The van der Waals surface area contributed by atoms with E-state index >= 15 is 0 Å². The van der Waals surface area contributed by atoms with Crippen molar-refractivity contribution in [1.29, 1.82) is 0 Å². The highest BCUT2D eigenvalue weighted by molar-refractivity contribution is 7.98. The van der Waals surface area contributed by atoms with Crippen molar-refractivity contribution < 1.29 is 0 Å². The summed E-state index contributed by atoms with van der Waals surface area (Å²) < 4.78 is 0. The van der Waals surface area contributed by atoms with Gasteiger partial charge < -0.3 is 5.73 Å². The Kier molecular flexibility index (Phi) is 6.16. The zero-order valence-corrected chi connectivity index (χ0v) is 14.1. The van der Waals surface area contributed by atoms with E-state index < -0.39 is 0 Å². The smallest absolute Gasteiger partial charge is 0.0454 e. The van der Waals surface area contributed by atoms with Crippen molar-refractivity contribution in [2.24, 2.45) is 5.73 Å². The van der Waals surface area contributed by atoms with Crippen molar-refractivity contribution >= 4 is 23.4 Å². The number of aryl methyl sites for hydroxylation is 1. The van der Waals surface area contributed by atoms with Gasteiger partial charge in [0.25, 0.3) is 0 Å². The van der Waals surface area contributed by atoms with Gasteiger partial charge in [0.15, 0.2) is 0 Å². The molecule has 21 heavy (non-hydrogen) atoms. The number of thioether (sulfide) groups is 1. The number of hydrogen-bond donors (Lipinski definition) is 1. The van der Waals surface area contributed by atoms with E-state index in [-0.39, 0.29) is 6.04 Å². The Morgan fingerprint density at radius 2 is 1.76 bits per heavy atom. The van der Waals surface area contributed by atoms with E-state index in [1.54, 1.807) is 0 Å². The Labute approximate surface area is 136 Å². The predicted molar refractivity (Wildman–Crippen MR) is 94.9 cm³/mol. The second-order valence-corrected chi connectivity index (χ2v) is 6.85. The highest BCUT2D eigenvalue weighted by Gasteiger charge is 2.20. The van der Waals surface area contributed by atoms with Crippen molar-refractivity contribution in [3.05, 3.63) is 70.2 Å². The summed E-state index contributed by atoms with van der Waals surface area (Å²) in [6, 6.07) is 16.8. The summed E-state index contributed by atoms with van der Waals surface area (Å²) >= 11 is 7.85. The average Bonchev–Trinajstić information content (AvgIpc) is 2.50. The van der Waals surface area contributed by atoms with Gasteiger partial charge in [0.1, 0.15) is 0 Å². The monoisotopic (exact) mass is 319 g/mol. The lowest BCUT2D eigenvalue weighted by Gasteiger charge is -2.24. The molecule has 1 nitrogen and oxygen atoms in total.